The number of anilines is 1. The summed E-state index contributed by atoms with van der Waals surface area (Å²) in [6.45, 7) is 3.64. The summed E-state index contributed by atoms with van der Waals surface area (Å²) < 4.78 is 30.8. The van der Waals surface area contributed by atoms with E-state index in [4.69, 9.17) is 4.74 Å². The topological polar surface area (TPSA) is 96.0 Å². The van der Waals surface area contributed by atoms with Crippen LogP contribution < -0.4 is 15.0 Å². The Morgan fingerprint density at radius 3 is 2.41 bits per heavy atom. The summed E-state index contributed by atoms with van der Waals surface area (Å²) in [6, 6.07) is 6.99. The van der Waals surface area contributed by atoms with Gasteiger partial charge in [0.25, 0.3) is 0 Å². The summed E-state index contributed by atoms with van der Waals surface area (Å²) in [6.07, 6.45) is 4.96. The molecule has 2 fully saturated rings. The summed E-state index contributed by atoms with van der Waals surface area (Å²) in [4.78, 5) is 27.7. The SMILES string of the molecule is CCOc1ccc(N2C(=O)CN(S(C)(=O)=O)C[C@@]2(C)C(=O)NC2CCCC2)cc1. The Balaban J connectivity index is 1.96. The van der Waals surface area contributed by atoms with Crippen molar-refractivity contribution in [3.05, 3.63) is 24.3 Å². The molecule has 1 aliphatic heterocycles. The Kier molecular flexibility index (Phi) is 6.19. The van der Waals surface area contributed by atoms with Gasteiger partial charge in [-0.3, -0.25) is 14.5 Å². The van der Waals surface area contributed by atoms with Gasteiger partial charge < -0.3 is 10.1 Å². The first-order valence-electron chi connectivity index (χ1n) is 9.97. The summed E-state index contributed by atoms with van der Waals surface area (Å²) >= 11 is 0. The van der Waals surface area contributed by atoms with Crippen LogP contribution in [0, 0.1) is 0 Å². The van der Waals surface area contributed by atoms with Crippen LogP contribution in [0.4, 0.5) is 5.69 Å². The zero-order valence-corrected chi connectivity index (χ0v) is 18.0. The molecule has 1 saturated heterocycles. The molecule has 2 amide bonds. The van der Waals surface area contributed by atoms with Crippen LogP contribution in [0.5, 0.6) is 5.75 Å². The van der Waals surface area contributed by atoms with E-state index in [9.17, 15) is 18.0 Å². The Hall–Kier alpha value is -2.13. The average Bonchev–Trinajstić information content (AvgIpc) is 3.15. The van der Waals surface area contributed by atoms with Gasteiger partial charge in [0.1, 0.15) is 11.3 Å². The number of piperazine rings is 1. The van der Waals surface area contributed by atoms with Crippen LogP contribution in [-0.2, 0) is 19.6 Å². The van der Waals surface area contributed by atoms with Gasteiger partial charge in [0.2, 0.25) is 21.8 Å². The quantitative estimate of drug-likeness (QED) is 0.748. The third-order valence-corrected chi connectivity index (χ3v) is 6.79. The van der Waals surface area contributed by atoms with Gasteiger partial charge in [-0.15, -0.1) is 0 Å². The van der Waals surface area contributed by atoms with E-state index >= 15 is 0 Å². The lowest BCUT2D eigenvalue weighted by Crippen LogP contribution is -2.70. The number of hydrogen-bond acceptors (Lipinski definition) is 5. The molecule has 1 aromatic carbocycles. The highest BCUT2D eigenvalue weighted by Gasteiger charge is 2.50. The fraction of sp³-hybridized carbons (Fsp3) is 0.600. The highest BCUT2D eigenvalue weighted by Crippen LogP contribution is 2.32. The highest BCUT2D eigenvalue weighted by atomic mass is 32.2. The van der Waals surface area contributed by atoms with E-state index in [0.717, 1.165) is 36.2 Å². The number of amides is 2. The van der Waals surface area contributed by atoms with Crippen molar-refractivity contribution in [2.45, 2.75) is 51.1 Å². The molecule has 8 nitrogen and oxygen atoms in total. The predicted octanol–water partition coefficient (Wildman–Crippen LogP) is 1.51. The molecule has 0 radical (unpaired) electrons. The Bertz CT molecular complexity index is 865. The molecule has 1 atom stereocenters. The van der Waals surface area contributed by atoms with E-state index in [0.29, 0.717) is 18.0 Å². The number of hydrogen-bond donors (Lipinski definition) is 1. The third-order valence-electron chi connectivity index (χ3n) is 5.59. The van der Waals surface area contributed by atoms with Gasteiger partial charge in [-0.2, -0.15) is 4.31 Å². The standard InChI is InChI=1S/C20H29N3O5S/c1-4-28-17-11-9-16(10-12-17)23-18(24)13-22(29(3,26)27)14-20(23,2)19(25)21-15-7-5-6-8-15/h9-12,15H,4-8,13-14H2,1-3H3,(H,21,25)/t20-/m0/s1. The smallest absolute Gasteiger partial charge is 0.247 e. The number of carbonyl (C=O) groups excluding carboxylic acids is 2. The first kappa shape index (κ1) is 21.6. The minimum absolute atomic E-state index is 0.0604. The second-order valence-corrected chi connectivity index (χ2v) is 9.90. The van der Waals surface area contributed by atoms with E-state index in [-0.39, 0.29) is 25.0 Å². The lowest BCUT2D eigenvalue weighted by atomic mass is 9.94. The van der Waals surface area contributed by atoms with Gasteiger partial charge in [0.15, 0.2) is 0 Å². The van der Waals surface area contributed by atoms with Crippen molar-refractivity contribution in [3.8, 4) is 5.75 Å². The number of benzene rings is 1. The van der Waals surface area contributed by atoms with Crippen molar-refractivity contribution in [3.63, 3.8) is 0 Å². The molecule has 0 spiro atoms. The molecular weight excluding hydrogens is 394 g/mol. The van der Waals surface area contributed by atoms with E-state index in [2.05, 4.69) is 5.32 Å². The maximum Gasteiger partial charge on any atom is 0.247 e. The van der Waals surface area contributed by atoms with Gasteiger partial charge in [-0.05, 0) is 51.0 Å². The van der Waals surface area contributed by atoms with Crippen molar-refractivity contribution in [2.24, 2.45) is 0 Å². The van der Waals surface area contributed by atoms with Crippen LogP contribution in [-0.4, -0.2) is 62.1 Å². The molecule has 0 unspecified atom stereocenters. The van der Waals surface area contributed by atoms with Crippen molar-refractivity contribution < 1.29 is 22.7 Å². The molecule has 160 valence electrons. The second-order valence-electron chi connectivity index (χ2n) is 7.92. The first-order chi connectivity index (χ1) is 13.6. The summed E-state index contributed by atoms with van der Waals surface area (Å²) in [5.41, 5.74) is -0.815. The van der Waals surface area contributed by atoms with Crippen LogP contribution in [0.3, 0.4) is 0 Å². The van der Waals surface area contributed by atoms with Crippen molar-refractivity contribution in [1.82, 2.24) is 9.62 Å². The lowest BCUT2D eigenvalue weighted by molar-refractivity contribution is -0.133. The highest BCUT2D eigenvalue weighted by molar-refractivity contribution is 7.88. The summed E-state index contributed by atoms with van der Waals surface area (Å²) in [5, 5.41) is 3.03. The Morgan fingerprint density at radius 1 is 1.24 bits per heavy atom. The minimum Gasteiger partial charge on any atom is -0.494 e. The normalized spacial score (nSPS) is 24.0. The summed E-state index contributed by atoms with van der Waals surface area (Å²) in [5.74, 6) is -0.106. The third kappa shape index (κ3) is 4.56. The predicted molar refractivity (Wildman–Crippen MR) is 110 cm³/mol. The fourth-order valence-corrected chi connectivity index (χ4v) is 4.90. The van der Waals surface area contributed by atoms with Gasteiger partial charge >= 0.3 is 0 Å². The minimum atomic E-state index is -3.62. The monoisotopic (exact) mass is 423 g/mol. The fourth-order valence-electron chi connectivity index (χ4n) is 4.07. The molecular formula is C20H29N3O5S. The van der Waals surface area contributed by atoms with Gasteiger partial charge in [-0.1, -0.05) is 12.8 Å². The molecule has 9 heteroatoms. The van der Waals surface area contributed by atoms with E-state index in [1.54, 1.807) is 31.2 Å². The van der Waals surface area contributed by atoms with Crippen LogP contribution in [0.1, 0.15) is 39.5 Å². The molecule has 1 aromatic rings. The Morgan fingerprint density at radius 2 is 1.86 bits per heavy atom. The maximum atomic E-state index is 13.3. The van der Waals surface area contributed by atoms with E-state index in [1.807, 2.05) is 6.92 Å². The molecule has 29 heavy (non-hydrogen) atoms. The molecule has 1 heterocycles. The van der Waals surface area contributed by atoms with Gasteiger partial charge in [-0.25, -0.2) is 8.42 Å². The van der Waals surface area contributed by atoms with Crippen LogP contribution in [0.2, 0.25) is 0 Å². The number of nitrogens with one attached hydrogen (secondary N) is 1. The zero-order valence-electron chi connectivity index (χ0n) is 17.2. The van der Waals surface area contributed by atoms with Crippen LogP contribution >= 0.6 is 0 Å². The molecule has 1 N–H and O–H groups in total. The number of nitrogens with zero attached hydrogens (tertiary/aromatic N) is 2. The van der Waals surface area contributed by atoms with Crippen LogP contribution in [0.25, 0.3) is 0 Å². The number of ether oxygens (including phenoxy) is 1. The molecule has 0 aromatic heterocycles. The maximum absolute atomic E-state index is 13.3. The molecule has 1 saturated carbocycles. The first-order valence-corrected chi connectivity index (χ1v) is 11.8. The van der Waals surface area contributed by atoms with Crippen LogP contribution in [0.15, 0.2) is 24.3 Å². The average molecular weight is 424 g/mol. The zero-order chi connectivity index (χ0) is 21.2. The van der Waals surface area contributed by atoms with Gasteiger partial charge in [0.05, 0.1) is 19.4 Å². The lowest BCUT2D eigenvalue weighted by Gasteiger charge is -2.46. The molecule has 3 rings (SSSR count). The van der Waals surface area contributed by atoms with E-state index < -0.39 is 21.5 Å². The molecule has 2 aliphatic rings. The number of rotatable bonds is 6. The molecule has 1 aliphatic carbocycles. The summed E-state index contributed by atoms with van der Waals surface area (Å²) in [7, 11) is -3.62. The molecule has 0 bridgehead atoms. The van der Waals surface area contributed by atoms with Gasteiger partial charge in [0, 0.05) is 18.3 Å². The van der Waals surface area contributed by atoms with Crippen molar-refractivity contribution in [1.29, 1.82) is 0 Å². The number of carbonyl (C=O) groups is 2. The number of sulfonamides is 1. The van der Waals surface area contributed by atoms with Crippen molar-refractivity contribution in [2.75, 3.05) is 30.9 Å². The second kappa shape index (κ2) is 8.31. The van der Waals surface area contributed by atoms with Crippen molar-refractivity contribution >= 4 is 27.5 Å². The largest absolute Gasteiger partial charge is 0.494 e. The Labute approximate surface area is 172 Å². The van der Waals surface area contributed by atoms with E-state index in [1.165, 1.54) is 4.90 Å².